The molecule has 1 saturated carbocycles. The number of aromatic nitrogens is 1. The summed E-state index contributed by atoms with van der Waals surface area (Å²) >= 11 is 6.46. The highest BCUT2D eigenvalue weighted by atomic mass is 35.5. The molecule has 1 atom stereocenters. The molecule has 9 heteroatoms. The average Bonchev–Trinajstić information content (AvgIpc) is 2.95. The Morgan fingerprint density at radius 3 is 2.38 bits per heavy atom. The van der Waals surface area contributed by atoms with Gasteiger partial charge in [-0.3, -0.25) is 14.4 Å². The molecular formula is C31H34ClFN4O3. The SMILES string of the molecule is O=C(CCCC(=O)N(Cc1ccccc1Cl)C(C(=O)NC1CCCCC1)c1ccc(F)cc1)Nc1ccccn1. The molecule has 3 amide bonds. The number of nitrogens with one attached hydrogen (secondary N) is 2. The first kappa shape index (κ1) is 29.2. The van der Waals surface area contributed by atoms with Crippen molar-refractivity contribution in [2.24, 2.45) is 0 Å². The monoisotopic (exact) mass is 564 g/mol. The standard InChI is InChI=1S/C31H34ClFN4O3/c32-26-12-5-4-9-23(26)21-37(29(39)15-8-14-28(38)36-27-13-6-7-20-34-27)30(22-16-18-24(33)19-17-22)31(40)35-25-10-2-1-3-11-25/h4-7,9,12-13,16-20,25,30H,1-3,8,10-11,14-15,21H2,(H,35,40)(H,34,36,38). The maximum atomic E-state index is 13.8. The van der Waals surface area contributed by atoms with E-state index < -0.39 is 11.9 Å². The van der Waals surface area contributed by atoms with Crippen molar-refractivity contribution in [3.05, 3.63) is 94.9 Å². The molecule has 4 rings (SSSR count). The van der Waals surface area contributed by atoms with E-state index in [1.165, 1.54) is 29.2 Å². The number of amides is 3. The van der Waals surface area contributed by atoms with E-state index in [-0.39, 0.29) is 49.6 Å². The van der Waals surface area contributed by atoms with Crippen LogP contribution in [0.15, 0.2) is 72.9 Å². The van der Waals surface area contributed by atoms with E-state index in [0.29, 0.717) is 22.0 Å². The van der Waals surface area contributed by atoms with Crippen LogP contribution in [-0.2, 0) is 20.9 Å². The summed E-state index contributed by atoms with van der Waals surface area (Å²) in [5, 5.41) is 6.33. The molecule has 7 nitrogen and oxygen atoms in total. The lowest BCUT2D eigenvalue weighted by Gasteiger charge is -2.34. The molecule has 0 radical (unpaired) electrons. The summed E-state index contributed by atoms with van der Waals surface area (Å²) in [6.45, 7) is 0.0821. The molecule has 210 valence electrons. The minimum atomic E-state index is -0.992. The third kappa shape index (κ3) is 8.36. The van der Waals surface area contributed by atoms with Gasteiger partial charge in [-0.05, 0) is 60.7 Å². The number of carbonyl (C=O) groups is 3. The summed E-state index contributed by atoms with van der Waals surface area (Å²) in [7, 11) is 0. The van der Waals surface area contributed by atoms with Crippen molar-refractivity contribution in [3.8, 4) is 0 Å². The predicted molar refractivity (Wildman–Crippen MR) is 153 cm³/mol. The van der Waals surface area contributed by atoms with Crippen LogP contribution in [0.2, 0.25) is 5.02 Å². The lowest BCUT2D eigenvalue weighted by atomic mass is 9.94. The van der Waals surface area contributed by atoms with Gasteiger partial charge in [0.05, 0.1) is 0 Å². The van der Waals surface area contributed by atoms with Crippen LogP contribution in [0.5, 0.6) is 0 Å². The maximum absolute atomic E-state index is 13.8. The van der Waals surface area contributed by atoms with E-state index >= 15 is 0 Å². The first-order chi connectivity index (χ1) is 19.4. The van der Waals surface area contributed by atoms with Crippen LogP contribution >= 0.6 is 11.6 Å². The molecule has 2 aromatic carbocycles. The number of nitrogens with zero attached hydrogens (tertiary/aromatic N) is 2. The van der Waals surface area contributed by atoms with Crippen molar-refractivity contribution >= 4 is 35.1 Å². The Morgan fingerprint density at radius 1 is 0.950 bits per heavy atom. The summed E-state index contributed by atoms with van der Waals surface area (Å²) in [4.78, 5) is 45.6. The third-order valence-corrected chi connectivity index (χ3v) is 7.41. The molecule has 3 aromatic rings. The van der Waals surface area contributed by atoms with Gasteiger partial charge >= 0.3 is 0 Å². The first-order valence-electron chi connectivity index (χ1n) is 13.7. The molecule has 1 unspecified atom stereocenters. The van der Waals surface area contributed by atoms with E-state index in [9.17, 15) is 18.8 Å². The topological polar surface area (TPSA) is 91.4 Å². The molecular weight excluding hydrogens is 531 g/mol. The minimum absolute atomic E-state index is 0.0248. The van der Waals surface area contributed by atoms with Gasteiger partial charge in [-0.25, -0.2) is 9.37 Å². The number of halogens is 2. The molecule has 1 heterocycles. The zero-order valence-corrected chi connectivity index (χ0v) is 23.1. The van der Waals surface area contributed by atoms with E-state index in [1.54, 1.807) is 36.5 Å². The van der Waals surface area contributed by atoms with Gasteiger partial charge in [0.15, 0.2) is 0 Å². The Morgan fingerprint density at radius 2 is 1.68 bits per heavy atom. The smallest absolute Gasteiger partial charge is 0.247 e. The molecule has 0 saturated heterocycles. The van der Waals surface area contributed by atoms with Gasteiger partial charge in [0.2, 0.25) is 17.7 Å². The van der Waals surface area contributed by atoms with Crippen molar-refractivity contribution in [1.29, 1.82) is 0 Å². The number of carbonyl (C=O) groups excluding carboxylic acids is 3. The van der Waals surface area contributed by atoms with Crippen molar-refractivity contribution in [2.75, 3.05) is 5.32 Å². The van der Waals surface area contributed by atoms with Crippen LogP contribution < -0.4 is 10.6 Å². The number of hydrogen-bond donors (Lipinski definition) is 2. The zero-order valence-electron chi connectivity index (χ0n) is 22.3. The Bertz CT molecular complexity index is 1280. The Hall–Kier alpha value is -3.78. The van der Waals surface area contributed by atoms with Gasteiger partial charge in [0.1, 0.15) is 17.7 Å². The van der Waals surface area contributed by atoms with Gasteiger partial charge in [-0.2, -0.15) is 0 Å². The van der Waals surface area contributed by atoms with Crippen LogP contribution in [0.1, 0.15) is 68.5 Å². The average molecular weight is 565 g/mol. The fourth-order valence-corrected chi connectivity index (χ4v) is 5.16. The molecule has 0 bridgehead atoms. The van der Waals surface area contributed by atoms with E-state index in [4.69, 9.17) is 11.6 Å². The largest absolute Gasteiger partial charge is 0.351 e. The molecule has 0 aliphatic heterocycles. The third-order valence-electron chi connectivity index (χ3n) is 7.04. The maximum Gasteiger partial charge on any atom is 0.247 e. The molecule has 1 fully saturated rings. The minimum Gasteiger partial charge on any atom is -0.351 e. The number of hydrogen-bond acceptors (Lipinski definition) is 4. The fourth-order valence-electron chi connectivity index (χ4n) is 4.96. The highest BCUT2D eigenvalue weighted by Crippen LogP contribution is 2.29. The predicted octanol–water partition coefficient (Wildman–Crippen LogP) is 6.20. The van der Waals surface area contributed by atoms with Crippen molar-refractivity contribution in [3.63, 3.8) is 0 Å². The van der Waals surface area contributed by atoms with Gasteiger partial charge in [-0.15, -0.1) is 0 Å². The lowest BCUT2D eigenvalue weighted by molar-refractivity contribution is -0.142. The van der Waals surface area contributed by atoms with Crippen LogP contribution in [-0.4, -0.2) is 33.6 Å². The summed E-state index contributed by atoms with van der Waals surface area (Å²) in [5.41, 5.74) is 1.19. The highest BCUT2D eigenvalue weighted by Gasteiger charge is 2.33. The molecule has 1 aromatic heterocycles. The highest BCUT2D eigenvalue weighted by molar-refractivity contribution is 6.31. The summed E-state index contributed by atoms with van der Waals surface area (Å²) < 4.78 is 13.8. The quantitative estimate of drug-likeness (QED) is 0.290. The Labute approximate surface area is 239 Å². The summed E-state index contributed by atoms with van der Waals surface area (Å²) in [6, 6.07) is 17.1. The molecule has 0 spiro atoms. The van der Waals surface area contributed by atoms with Crippen molar-refractivity contribution in [1.82, 2.24) is 15.2 Å². The molecule has 40 heavy (non-hydrogen) atoms. The van der Waals surface area contributed by atoms with Crippen molar-refractivity contribution in [2.45, 2.75) is 70.0 Å². The second kappa shape index (κ2) is 14.6. The van der Waals surface area contributed by atoms with E-state index in [2.05, 4.69) is 15.6 Å². The number of anilines is 1. The normalized spacial score (nSPS) is 14.2. The lowest BCUT2D eigenvalue weighted by Crippen LogP contribution is -2.46. The Balaban J connectivity index is 1.55. The second-order valence-corrected chi connectivity index (χ2v) is 10.4. The van der Waals surface area contributed by atoms with E-state index in [1.807, 2.05) is 12.1 Å². The first-order valence-corrected chi connectivity index (χ1v) is 14.1. The number of rotatable bonds is 11. The fraction of sp³-hybridized carbons (Fsp3) is 0.355. The Kier molecular flexibility index (Phi) is 10.6. The van der Waals surface area contributed by atoms with E-state index in [0.717, 1.165) is 32.1 Å². The summed E-state index contributed by atoms with van der Waals surface area (Å²) in [5.74, 6) is -0.868. The van der Waals surface area contributed by atoms with Crippen LogP contribution in [0.3, 0.4) is 0 Å². The zero-order chi connectivity index (χ0) is 28.3. The number of benzene rings is 2. The van der Waals surface area contributed by atoms with Gasteiger partial charge < -0.3 is 15.5 Å². The van der Waals surface area contributed by atoms with Gasteiger partial charge in [0, 0.05) is 36.6 Å². The molecule has 1 aliphatic rings. The molecule has 2 N–H and O–H groups in total. The van der Waals surface area contributed by atoms with Crippen molar-refractivity contribution < 1.29 is 18.8 Å². The van der Waals surface area contributed by atoms with Crippen LogP contribution in [0, 0.1) is 5.82 Å². The van der Waals surface area contributed by atoms with Gasteiger partial charge in [-0.1, -0.05) is 67.3 Å². The van der Waals surface area contributed by atoms with Crippen LogP contribution in [0.25, 0.3) is 0 Å². The molecule has 1 aliphatic carbocycles. The second-order valence-electron chi connectivity index (χ2n) is 10.0. The summed E-state index contributed by atoms with van der Waals surface area (Å²) in [6.07, 6.45) is 6.98. The van der Waals surface area contributed by atoms with Gasteiger partial charge in [0.25, 0.3) is 0 Å². The van der Waals surface area contributed by atoms with Crippen LogP contribution in [0.4, 0.5) is 10.2 Å². The number of pyridine rings is 1.